The number of hydrogen-bond acceptors (Lipinski definition) is 2. The lowest BCUT2D eigenvalue weighted by atomic mass is 10.0. The Morgan fingerprint density at radius 2 is 2.06 bits per heavy atom. The minimum atomic E-state index is 0.693. The molecule has 0 aliphatic carbocycles. The largest absolute Gasteiger partial charge is 0.298 e. The van der Waals surface area contributed by atoms with Crippen LogP contribution in [0, 0.1) is 6.92 Å². The van der Waals surface area contributed by atoms with Crippen molar-refractivity contribution in [3.05, 3.63) is 35.4 Å². The van der Waals surface area contributed by atoms with Crippen molar-refractivity contribution in [1.29, 1.82) is 0 Å². The molecule has 2 saturated heterocycles. The summed E-state index contributed by atoms with van der Waals surface area (Å²) in [5, 5.41) is 0. The van der Waals surface area contributed by atoms with E-state index in [0.717, 1.165) is 12.6 Å². The van der Waals surface area contributed by atoms with Crippen molar-refractivity contribution in [2.75, 3.05) is 19.6 Å². The first-order valence-corrected chi connectivity index (χ1v) is 7.26. The summed E-state index contributed by atoms with van der Waals surface area (Å²) in [5.74, 6) is 0. The van der Waals surface area contributed by atoms with Crippen molar-refractivity contribution in [1.82, 2.24) is 9.80 Å². The Kier molecular flexibility index (Phi) is 3.40. The van der Waals surface area contributed by atoms with Gasteiger partial charge in [0.15, 0.2) is 0 Å². The summed E-state index contributed by atoms with van der Waals surface area (Å²) in [6, 6.07) is 10.3. The third kappa shape index (κ3) is 2.32. The first-order chi connectivity index (χ1) is 8.74. The number of piperazine rings is 1. The van der Waals surface area contributed by atoms with E-state index < -0.39 is 0 Å². The first kappa shape index (κ1) is 12.2. The monoisotopic (exact) mass is 244 g/mol. The van der Waals surface area contributed by atoms with Gasteiger partial charge in [-0.1, -0.05) is 24.3 Å². The van der Waals surface area contributed by atoms with Gasteiger partial charge in [-0.2, -0.15) is 0 Å². The van der Waals surface area contributed by atoms with Gasteiger partial charge in [-0.05, 0) is 44.4 Å². The number of rotatable bonds is 2. The van der Waals surface area contributed by atoms with E-state index in [2.05, 4.69) is 47.9 Å². The maximum atomic E-state index is 2.69. The summed E-state index contributed by atoms with van der Waals surface area (Å²) in [4.78, 5) is 5.37. The second kappa shape index (κ2) is 5.02. The first-order valence-electron chi connectivity index (χ1n) is 7.26. The molecule has 0 bridgehead atoms. The number of nitrogens with zero attached hydrogens (tertiary/aromatic N) is 2. The molecule has 0 amide bonds. The van der Waals surface area contributed by atoms with Gasteiger partial charge < -0.3 is 0 Å². The second-order valence-corrected chi connectivity index (χ2v) is 6.00. The average molecular weight is 244 g/mol. The Morgan fingerprint density at radius 1 is 1.22 bits per heavy atom. The van der Waals surface area contributed by atoms with E-state index in [1.165, 1.54) is 43.6 Å². The van der Waals surface area contributed by atoms with Gasteiger partial charge in [0, 0.05) is 31.7 Å². The zero-order valence-corrected chi connectivity index (χ0v) is 11.6. The molecule has 2 heterocycles. The second-order valence-electron chi connectivity index (χ2n) is 6.00. The molecule has 2 fully saturated rings. The zero-order valence-electron chi connectivity index (χ0n) is 11.6. The van der Waals surface area contributed by atoms with Crippen LogP contribution in [-0.2, 0) is 6.54 Å². The lowest BCUT2D eigenvalue weighted by Crippen LogP contribution is -2.54. The summed E-state index contributed by atoms with van der Waals surface area (Å²) in [6.45, 7) is 9.58. The normalized spacial score (nSPS) is 29.4. The highest BCUT2D eigenvalue weighted by Crippen LogP contribution is 2.26. The molecule has 18 heavy (non-hydrogen) atoms. The van der Waals surface area contributed by atoms with E-state index in [9.17, 15) is 0 Å². The van der Waals surface area contributed by atoms with Crippen LogP contribution in [0.25, 0.3) is 0 Å². The molecule has 0 saturated carbocycles. The van der Waals surface area contributed by atoms with E-state index in [1.807, 2.05) is 0 Å². The van der Waals surface area contributed by atoms with Gasteiger partial charge in [-0.3, -0.25) is 9.80 Å². The highest BCUT2D eigenvalue weighted by Gasteiger charge is 2.34. The molecular formula is C16H24N2. The molecule has 2 aliphatic rings. The van der Waals surface area contributed by atoms with Crippen LogP contribution in [0.1, 0.15) is 30.9 Å². The van der Waals surface area contributed by atoms with Crippen LogP contribution in [0.4, 0.5) is 0 Å². The molecule has 2 atom stereocenters. The van der Waals surface area contributed by atoms with E-state index in [-0.39, 0.29) is 0 Å². The Morgan fingerprint density at radius 3 is 2.89 bits per heavy atom. The quantitative estimate of drug-likeness (QED) is 0.789. The SMILES string of the molecule is Cc1ccccc1CN1C[C@H]2CCCN2C[C@@H]1C. The van der Waals surface area contributed by atoms with Crippen LogP contribution >= 0.6 is 0 Å². The Bertz CT molecular complexity index is 415. The van der Waals surface area contributed by atoms with Crippen LogP contribution in [0.2, 0.25) is 0 Å². The predicted molar refractivity (Wildman–Crippen MR) is 75.6 cm³/mol. The third-order valence-corrected chi connectivity index (χ3v) is 4.70. The molecular weight excluding hydrogens is 220 g/mol. The van der Waals surface area contributed by atoms with Crippen LogP contribution in [0.15, 0.2) is 24.3 Å². The topological polar surface area (TPSA) is 6.48 Å². The van der Waals surface area contributed by atoms with Crippen LogP contribution in [0.5, 0.6) is 0 Å². The van der Waals surface area contributed by atoms with E-state index in [1.54, 1.807) is 0 Å². The van der Waals surface area contributed by atoms with Crippen LogP contribution in [-0.4, -0.2) is 41.5 Å². The van der Waals surface area contributed by atoms with Gasteiger partial charge in [0.2, 0.25) is 0 Å². The van der Waals surface area contributed by atoms with E-state index in [0.29, 0.717) is 6.04 Å². The lowest BCUT2D eigenvalue weighted by Gasteiger charge is -2.42. The maximum absolute atomic E-state index is 2.69. The minimum absolute atomic E-state index is 0.693. The molecule has 0 spiro atoms. The van der Waals surface area contributed by atoms with Gasteiger partial charge >= 0.3 is 0 Å². The maximum Gasteiger partial charge on any atom is 0.0240 e. The average Bonchev–Trinajstić information content (AvgIpc) is 2.79. The van der Waals surface area contributed by atoms with Crippen molar-refractivity contribution in [2.24, 2.45) is 0 Å². The fourth-order valence-corrected chi connectivity index (χ4v) is 3.47. The summed E-state index contributed by atoms with van der Waals surface area (Å²) in [7, 11) is 0. The zero-order chi connectivity index (χ0) is 12.5. The van der Waals surface area contributed by atoms with Gasteiger partial charge in [0.25, 0.3) is 0 Å². The molecule has 0 N–H and O–H groups in total. The molecule has 1 aromatic carbocycles. The Labute approximate surface area is 111 Å². The molecule has 2 heteroatoms. The lowest BCUT2D eigenvalue weighted by molar-refractivity contribution is 0.0539. The summed E-state index contributed by atoms with van der Waals surface area (Å²) in [5.41, 5.74) is 2.93. The van der Waals surface area contributed by atoms with Gasteiger partial charge in [-0.25, -0.2) is 0 Å². The molecule has 98 valence electrons. The van der Waals surface area contributed by atoms with Crippen molar-refractivity contribution >= 4 is 0 Å². The fourth-order valence-electron chi connectivity index (χ4n) is 3.47. The summed E-state index contributed by atoms with van der Waals surface area (Å²) in [6.07, 6.45) is 2.80. The van der Waals surface area contributed by atoms with Crippen molar-refractivity contribution < 1.29 is 0 Å². The summed E-state index contributed by atoms with van der Waals surface area (Å²) < 4.78 is 0. The van der Waals surface area contributed by atoms with Crippen LogP contribution < -0.4 is 0 Å². The van der Waals surface area contributed by atoms with Crippen LogP contribution in [0.3, 0.4) is 0 Å². The molecule has 3 rings (SSSR count). The van der Waals surface area contributed by atoms with Crippen molar-refractivity contribution in [3.63, 3.8) is 0 Å². The molecule has 2 aliphatic heterocycles. The number of benzene rings is 1. The number of fused-ring (bicyclic) bond motifs is 1. The molecule has 2 nitrogen and oxygen atoms in total. The Balaban J connectivity index is 1.71. The molecule has 1 aromatic rings. The van der Waals surface area contributed by atoms with Gasteiger partial charge in [-0.15, -0.1) is 0 Å². The van der Waals surface area contributed by atoms with E-state index in [4.69, 9.17) is 0 Å². The Hall–Kier alpha value is -0.860. The third-order valence-electron chi connectivity index (χ3n) is 4.70. The van der Waals surface area contributed by atoms with Crippen molar-refractivity contribution in [3.8, 4) is 0 Å². The highest BCUT2D eigenvalue weighted by atomic mass is 15.3. The smallest absolute Gasteiger partial charge is 0.0240 e. The van der Waals surface area contributed by atoms with E-state index >= 15 is 0 Å². The standard InChI is InChI=1S/C16H24N2/c1-13-6-3-4-7-15(13)11-18-12-16-8-5-9-17(16)10-14(18)2/h3-4,6-7,14,16H,5,8-12H2,1-2H3/t14-,16+/m0/s1. The molecule has 0 unspecified atom stereocenters. The predicted octanol–water partition coefficient (Wildman–Crippen LogP) is 2.66. The fraction of sp³-hybridized carbons (Fsp3) is 0.625. The van der Waals surface area contributed by atoms with Gasteiger partial charge in [0.05, 0.1) is 0 Å². The number of hydrogen-bond donors (Lipinski definition) is 0. The molecule has 0 aromatic heterocycles. The number of aryl methyl sites for hydroxylation is 1. The van der Waals surface area contributed by atoms with Gasteiger partial charge in [0.1, 0.15) is 0 Å². The highest BCUT2D eigenvalue weighted by molar-refractivity contribution is 5.25. The summed E-state index contributed by atoms with van der Waals surface area (Å²) >= 11 is 0. The molecule has 0 radical (unpaired) electrons. The van der Waals surface area contributed by atoms with Crippen molar-refractivity contribution in [2.45, 2.75) is 45.3 Å². The minimum Gasteiger partial charge on any atom is -0.298 e.